The van der Waals surface area contributed by atoms with Crippen molar-refractivity contribution in [2.75, 3.05) is 26.2 Å². The third-order valence-electron chi connectivity index (χ3n) is 5.72. The van der Waals surface area contributed by atoms with E-state index in [2.05, 4.69) is 26.1 Å². The summed E-state index contributed by atoms with van der Waals surface area (Å²) in [6, 6.07) is 10.1. The van der Waals surface area contributed by atoms with E-state index in [9.17, 15) is 14.4 Å². The summed E-state index contributed by atoms with van der Waals surface area (Å²) in [7, 11) is 0. The Morgan fingerprint density at radius 2 is 1.18 bits per heavy atom. The second-order valence-corrected chi connectivity index (χ2v) is 9.27. The summed E-state index contributed by atoms with van der Waals surface area (Å²) in [5.74, 6) is 3.14. The monoisotopic (exact) mass is 592 g/mol. The number of aldehydes is 3. The van der Waals surface area contributed by atoms with E-state index in [1.54, 1.807) is 24.3 Å². The number of carbonyl (C=O) groups is 3. The molecule has 0 bridgehead atoms. The zero-order chi connectivity index (χ0) is 27.4. The molecule has 38 heavy (non-hydrogen) atoms. The lowest BCUT2D eigenvalue weighted by molar-refractivity contribution is 0.108. The number of hydrogen-bond acceptors (Lipinski definition) is 9. The second kappa shape index (κ2) is 19.3. The molecule has 0 unspecified atom stereocenters. The van der Waals surface area contributed by atoms with E-state index in [1.165, 1.54) is 57.7 Å². The molecular weight excluding hydrogens is 556 g/mol. The summed E-state index contributed by atoms with van der Waals surface area (Å²) in [5, 5.41) is 12.4. The first kappa shape index (κ1) is 31.4. The molecule has 0 aromatic carbocycles. The number of rotatable bonds is 7. The highest BCUT2D eigenvalue weighted by molar-refractivity contribution is 9.08. The number of piperidine rings is 2. The predicted molar refractivity (Wildman–Crippen MR) is 147 cm³/mol. The van der Waals surface area contributed by atoms with Gasteiger partial charge in [-0.1, -0.05) is 28.8 Å². The molecule has 0 radical (unpaired) electrons. The zero-order valence-corrected chi connectivity index (χ0v) is 23.2. The van der Waals surface area contributed by atoms with Crippen molar-refractivity contribution in [2.45, 2.75) is 57.0 Å². The molecule has 5 heterocycles. The van der Waals surface area contributed by atoms with Gasteiger partial charge >= 0.3 is 0 Å². The minimum Gasteiger partial charge on any atom is -0.457 e. The van der Waals surface area contributed by atoms with Crippen LogP contribution in [0.2, 0.25) is 0 Å². The Hall–Kier alpha value is -2.79. The number of likely N-dealkylation sites (tertiary alicyclic amines) is 1. The molecule has 2 saturated heterocycles. The van der Waals surface area contributed by atoms with Gasteiger partial charge in [0.05, 0.1) is 11.9 Å². The van der Waals surface area contributed by atoms with E-state index >= 15 is 0 Å². The van der Waals surface area contributed by atoms with Crippen molar-refractivity contribution < 1.29 is 32.7 Å². The molecule has 5 rings (SSSR count). The van der Waals surface area contributed by atoms with Crippen LogP contribution in [0.3, 0.4) is 0 Å². The fraction of sp³-hybridized carbons (Fsp3) is 0.464. The van der Waals surface area contributed by atoms with Gasteiger partial charge in [0.25, 0.3) is 0 Å². The first-order valence-corrected chi connectivity index (χ1v) is 14.0. The Bertz CT molecular complexity index is 991. The van der Waals surface area contributed by atoms with Crippen molar-refractivity contribution in [1.29, 1.82) is 0 Å². The largest absolute Gasteiger partial charge is 0.457 e. The third kappa shape index (κ3) is 12.6. The summed E-state index contributed by atoms with van der Waals surface area (Å²) in [6.07, 6.45) is 10.1. The number of furan rings is 3. The first-order chi connectivity index (χ1) is 18.6. The number of hydrogen-bond donors (Lipinski definition) is 2. The average molecular weight is 594 g/mol. The fourth-order valence-electron chi connectivity index (χ4n) is 3.75. The van der Waals surface area contributed by atoms with Crippen LogP contribution in [0.15, 0.2) is 49.6 Å². The summed E-state index contributed by atoms with van der Waals surface area (Å²) in [5.41, 5.74) is 0. The molecule has 2 aliphatic rings. The molecule has 0 spiro atoms. The fourth-order valence-corrected chi connectivity index (χ4v) is 4.06. The van der Waals surface area contributed by atoms with E-state index in [-0.39, 0.29) is 12.4 Å². The highest BCUT2D eigenvalue weighted by Gasteiger charge is 2.12. The van der Waals surface area contributed by atoms with Gasteiger partial charge in [-0.2, -0.15) is 0 Å². The minimum absolute atomic E-state index is 0.159. The van der Waals surface area contributed by atoms with Gasteiger partial charge in [-0.25, -0.2) is 0 Å². The van der Waals surface area contributed by atoms with Gasteiger partial charge in [-0.3, -0.25) is 19.3 Å². The van der Waals surface area contributed by atoms with Crippen molar-refractivity contribution in [1.82, 2.24) is 10.2 Å². The standard InChI is InChI=1S/C11H15NO2.C6H5BrO2.C6H6O3.C5H11N/c13-9-11-5-4-10(14-11)8-12-6-2-1-3-7-12;2*7-3-5-1-2-6(4-8)9-5;1-2-4-6-5-3-1/h4-5,9H,1-3,6-8H2;1-2,4H,3H2;1-3,8H,4H2;6H,1-5H2. The van der Waals surface area contributed by atoms with Gasteiger partial charge in [0, 0.05) is 0 Å². The maximum atomic E-state index is 10.4. The van der Waals surface area contributed by atoms with E-state index < -0.39 is 0 Å². The number of nitrogens with one attached hydrogen (secondary N) is 1. The molecule has 0 aliphatic carbocycles. The summed E-state index contributed by atoms with van der Waals surface area (Å²) < 4.78 is 15.1. The number of alkyl halides is 1. The number of halogens is 1. The normalized spacial score (nSPS) is 15.0. The van der Waals surface area contributed by atoms with Gasteiger partial charge in [-0.15, -0.1) is 0 Å². The highest BCUT2D eigenvalue weighted by Crippen LogP contribution is 2.14. The first-order valence-electron chi connectivity index (χ1n) is 12.8. The topological polar surface area (TPSA) is 126 Å². The van der Waals surface area contributed by atoms with Crippen LogP contribution in [0.25, 0.3) is 0 Å². The Balaban J connectivity index is 0.000000186. The van der Waals surface area contributed by atoms with Gasteiger partial charge in [-0.05, 0) is 88.3 Å². The molecule has 3 aromatic rings. The van der Waals surface area contributed by atoms with Crippen LogP contribution in [0.1, 0.15) is 87.5 Å². The Morgan fingerprint density at radius 3 is 1.55 bits per heavy atom. The van der Waals surface area contributed by atoms with Crippen molar-refractivity contribution in [3.8, 4) is 0 Å². The van der Waals surface area contributed by atoms with E-state index in [1.807, 2.05) is 6.07 Å². The van der Waals surface area contributed by atoms with Crippen LogP contribution < -0.4 is 5.32 Å². The predicted octanol–water partition coefficient (Wildman–Crippen LogP) is 5.41. The summed E-state index contributed by atoms with van der Waals surface area (Å²) >= 11 is 3.19. The third-order valence-corrected chi connectivity index (χ3v) is 6.27. The maximum absolute atomic E-state index is 10.4. The molecule has 0 saturated carbocycles. The van der Waals surface area contributed by atoms with Gasteiger partial charge in [0.15, 0.2) is 36.1 Å². The quantitative estimate of drug-likeness (QED) is 0.273. The maximum Gasteiger partial charge on any atom is 0.185 e. The molecule has 0 amide bonds. The lowest BCUT2D eigenvalue weighted by Gasteiger charge is -2.25. The Labute approximate surface area is 231 Å². The molecule has 3 aromatic heterocycles. The molecular formula is C28H37BrN2O7. The zero-order valence-electron chi connectivity index (χ0n) is 21.6. The molecule has 2 aliphatic heterocycles. The summed E-state index contributed by atoms with van der Waals surface area (Å²) in [4.78, 5) is 32.8. The number of carbonyl (C=O) groups excluding carboxylic acids is 3. The molecule has 9 nitrogen and oxygen atoms in total. The minimum atomic E-state index is -0.159. The SMILES string of the molecule is C1CCNCC1.O=Cc1ccc(CBr)o1.O=Cc1ccc(CN2CCCCC2)o1.O=Cc1ccc(CO)o1. The molecule has 2 N–H and O–H groups in total. The smallest absolute Gasteiger partial charge is 0.185 e. The van der Waals surface area contributed by atoms with Crippen LogP contribution in [0.5, 0.6) is 0 Å². The molecule has 0 atom stereocenters. The number of nitrogens with zero attached hydrogens (tertiary/aromatic N) is 1. The second-order valence-electron chi connectivity index (χ2n) is 8.70. The van der Waals surface area contributed by atoms with Crippen LogP contribution in [-0.4, -0.2) is 55.0 Å². The van der Waals surface area contributed by atoms with Gasteiger partial charge in [0.2, 0.25) is 0 Å². The lowest BCUT2D eigenvalue weighted by Crippen LogP contribution is -2.28. The Morgan fingerprint density at radius 1 is 0.711 bits per heavy atom. The number of aliphatic hydroxyl groups excluding tert-OH is 1. The van der Waals surface area contributed by atoms with Crippen LogP contribution in [0.4, 0.5) is 0 Å². The van der Waals surface area contributed by atoms with Crippen LogP contribution in [0, 0.1) is 0 Å². The van der Waals surface area contributed by atoms with E-state index in [0.29, 0.717) is 35.2 Å². The molecule has 208 valence electrons. The van der Waals surface area contributed by atoms with E-state index in [4.69, 9.17) is 18.4 Å². The Kier molecular flexibility index (Phi) is 16.0. The highest BCUT2D eigenvalue weighted by atomic mass is 79.9. The van der Waals surface area contributed by atoms with Crippen LogP contribution in [-0.2, 0) is 18.5 Å². The lowest BCUT2D eigenvalue weighted by atomic mass is 10.1. The number of aliphatic hydroxyl groups is 1. The summed E-state index contributed by atoms with van der Waals surface area (Å²) in [6.45, 7) is 5.48. The van der Waals surface area contributed by atoms with Crippen molar-refractivity contribution in [2.24, 2.45) is 0 Å². The molecule has 10 heteroatoms. The van der Waals surface area contributed by atoms with Gasteiger partial charge in [0.1, 0.15) is 23.9 Å². The van der Waals surface area contributed by atoms with E-state index in [0.717, 1.165) is 37.4 Å². The van der Waals surface area contributed by atoms with Crippen molar-refractivity contribution in [3.63, 3.8) is 0 Å². The van der Waals surface area contributed by atoms with Crippen molar-refractivity contribution in [3.05, 3.63) is 71.0 Å². The van der Waals surface area contributed by atoms with Gasteiger partial charge < -0.3 is 23.7 Å². The van der Waals surface area contributed by atoms with Crippen LogP contribution >= 0.6 is 15.9 Å². The average Bonchev–Trinajstić information content (AvgIpc) is 3.76. The molecule has 2 fully saturated rings. The van der Waals surface area contributed by atoms with Crippen molar-refractivity contribution >= 4 is 34.8 Å².